The number of amidine groups is 1. The van der Waals surface area contributed by atoms with Gasteiger partial charge in [-0.05, 0) is 30.7 Å². The predicted octanol–water partition coefficient (Wildman–Crippen LogP) is 1.35. The Morgan fingerprint density at radius 1 is 1.44 bits per heavy atom. The molecule has 0 aromatic heterocycles. The first-order valence-electron chi connectivity index (χ1n) is 5.79. The van der Waals surface area contributed by atoms with Gasteiger partial charge in [0, 0.05) is 32.0 Å². The van der Waals surface area contributed by atoms with Crippen LogP contribution in [0.25, 0.3) is 0 Å². The molecule has 0 aliphatic carbocycles. The van der Waals surface area contributed by atoms with Gasteiger partial charge in [-0.1, -0.05) is 0 Å². The van der Waals surface area contributed by atoms with E-state index in [1.165, 1.54) is 0 Å². The molecule has 0 bridgehead atoms. The molecule has 5 nitrogen and oxygen atoms in total. The summed E-state index contributed by atoms with van der Waals surface area (Å²) in [6.45, 7) is 3.15. The first kappa shape index (κ1) is 14.5. The van der Waals surface area contributed by atoms with E-state index in [4.69, 9.17) is 20.6 Å². The summed E-state index contributed by atoms with van der Waals surface area (Å²) in [4.78, 5) is 0. The van der Waals surface area contributed by atoms with Gasteiger partial charge < -0.3 is 20.5 Å². The predicted molar refractivity (Wildman–Crippen MR) is 73.4 cm³/mol. The van der Waals surface area contributed by atoms with Crippen LogP contribution < -0.4 is 11.1 Å². The highest BCUT2D eigenvalue weighted by Gasteiger charge is 2.07. The molecule has 1 unspecified atom stereocenters. The number of nitrogen functional groups attached to an aromatic ring is 1. The number of anilines is 1. The summed E-state index contributed by atoms with van der Waals surface area (Å²) in [6, 6.07) is 5.72. The molecule has 0 amide bonds. The maximum atomic E-state index is 7.42. The lowest BCUT2D eigenvalue weighted by atomic mass is 10.1. The van der Waals surface area contributed by atoms with Crippen LogP contribution in [0.1, 0.15) is 11.1 Å². The average Bonchev–Trinajstić information content (AvgIpc) is 2.34. The Morgan fingerprint density at radius 3 is 2.67 bits per heavy atom. The Balaban J connectivity index is 2.63. The van der Waals surface area contributed by atoms with E-state index >= 15 is 0 Å². The second kappa shape index (κ2) is 6.98. The van der Waals surface area contributed by atoms with Crippen molar-refractivity contribution < 1.29 is 9.47 Å². The third kappa shape index (κ3) is 4.01. The molecule has 4 N–H and O–H groups in total. The van der Waals surface area contributed by atoms with Crippen LogP contribution in [0.5, 0.6) is 0 Å². The summed E-state index contributed by atoms with van der Waals surface area (Å²) in [5.41, 5.74) is 8.20. The monoisotopic (exact) mass is 251 g/mol. The standard InChI is InChI=1S/C13H21N3O2/c1-9-6-10(4-5-12(9)13(14)15)16-7-11(18-3)8-17-2/h4-6,11,16H,7-8H2,1-3H3,(H3,14,15). The van der Waals surface area contributed by atoms with Gasteiger partial charge >= 0.3 is 0 Å². The summed E-state index contributed by atoms with van der Waals surface area (Å²) >= 11 is 0. The quantitative estimate of drug-likeness (QED) is 0.505. The third-order valence-electron chi connectivity index (χ3n) is 2.74. The molecule has 0 spiro atoms. The zero-order valence-corrected chi connectivity index (χ0v) is 11.1. The highest BCUT2D eigenvalue weighted by Crippen LogP contribution is 2.14. The van der Waals surface area contributed by atoms with E-state index in [9.17, 15) is 0 Å². The van der Waals surface area contributed by atoms with Crippen LogP contribution >= 0.6 is 0 Å². The van der Waals surface area contributed by atoms with Crippen molar-refractivity contribution in [3.8, 4) is 0 Å². The van der Waals surface area contributed by atoms with Crippen LogP contribution in [0.3, 0.4) is 0 Å². The minimum atomic E-state index is 0.0165. The van der Waals surface area contributed by atoms with Crippen LogP contribution in [-0.4, -0.2) is 39.3 Å². The second-order valence-electron chi connectivity index (χ2n) is 4.14. The van der Waals surface area contributed by atoms with Crippen molar-refractivity contribution in [1.82, 2.24) is 0 Å². The van der Waals surface area contributed by atoms with Crippen molar-refractivity contribution in [2.45, 2.75) is 13.0 Å². The summed E-state index contributed by atoms with van der Waals surface area (Å²) in [5, 5.41) is 10.7. The molecule has 0 aliphatic heterocycles. The molecule has 0 fully saturated rings. The van der Waals surface area contributed by atoms with Crippen LogP contribution in [0.15, 0.2) is 18.2 Å². The van der Waals surface area contributed by atoms with Crippen molar-refractivity contribution in [3.05, 3.63) is 29.3 Å². The lowest BCUT2D eigenvalue weighted by Gasteiger charge is -2.16. The average molecular weight is 251 g/mol. The maximum absolute atomic E-state index is 7.42. The van der Waals surface area contributed by atoms with E-state index in [2.05, 4.69) is 5.32 Å². The fraction of sp³-hybridized carbons (Fsp3) is 0.462. The molecule has 0 saturated carbocycles. The number of nitrogens with one attached hydrogen (secondary N) is 2. The molecule has 0 saturated heterocycles. The molecule has 1 aromatic carbocycles. The van der Waals surface area contributed by atoms with Crippen molar-refractivity contribution in [1.29, 1.82) is 5.41 Å². The third-order valence-corrected chi connectivity index (χ3v) is 2.74. The van der Waals surface area contributed by atoms with E-state index in [1.54, 1.807) is 14.2 Å². The summed E-state index contributed by atoms with van der Waals surface area (Å²) in [6.07, 6.45) is 0.0165. The number of nitrogens with two attached hydrogens (primary N) is 1. The Kier molecular flexibility index (Phi) is 5.61. The zero-order valence-electron chi connectivity index (χ0n) is 11.1. The van der Waals surface area contributed by atoms with Gasteiger partial charge in [0.05, 0.1) is 12.7 Å². The van der Waals surface area contributed by atoms with Crippen molar-refractivity contribution in [3.63, 3.8) is 0 Å². The molecule has 18 heavy (non-hydrogen) atoms. The van der Waals surface area contributed by atoms with Gasteiger partial charge in [-0.2, -0.15) is 0 Å². The zero-order chi connectivity index (χ0) is 13.5. The van der Waals surface area contributed by atoms with E-state index in [-0.39, 0.29) is 11.9 Å². The highest BCUT2D eigenvalue weighted by molar-refractivity contribution is 5.96. The van der Waals surface area contributed by atoms with Gasteiger partial charge in [-0.15, -0.1) is 0 Å². The number of benzene rings is 1. The number of methoxy groups -OCH3 is 2. The fourth-order valence-corrected chi connectivity index (χ4v) is 1.70. The SMILES string of the molecule is COCC(CNc1ccc(C(=N)N)c(C)c1)OC. The summed E-state index contributed by atoms with van der Waals surface area (Å²) in [5.74, 6) is 0.0909. The minimum Gasteiger partial charge on any atom is -0.384 e. The summed E-state index contributed by atoms with van der Waals surface area (Å²) in [7, 11) is 3.31. The van der Waals surface area contributed by atoms with Gasteiger partial charge in [0.1, 0.15) is 5.84 Å². The fourth-order valence-electron chi connectivity index (χ4n) is 1.70. The molecule has 100 valence electrons. The van der Waals surface area contributed by atoms with Crippen molar-refractivity contribution in [2.24, 2.45) is 5.73 Å². The molecule has 0 heterocycles. The van der Waals surface area contributed by atoms with E-state index < -0.39 is 0 Å². The number of ether oxygens (including phenoxy) is 2. The second-order valence-corrected chi connectivity index (χ2v) is 4.14. The lowest BCUT2D eigenvalue weighted by Crippen LogP contribution is -2.26. The van der Waals surface area contributed by atoms with Crippen molar-refractivity contribution in [2.75, 3.05) is 32.7 Å². The molecule has 0 aliphatic rings. The first-order valence-corrected chi connectivity index (χ1v) is 5.79. The molecular formula is C13H21N3O2. The Labute approximate surface area is 108 Å². The topological polar surface area (TPSA) is 80.4 Å². The van der Waals surface area contributed by atoms with Gasteiger partial charge in [-0.25, -0.2) is 0 Å². The Hall–Kier alpha value is -1.59. The molecule has 0 radical (unpaired) electrons. The van der Waals surface area contributed by atoms with Crippen molar-refractivity contribution >= 4 is 11.5 Å². The van der Waals surface area contributed by atoms with E-state index in [0.717, 1.165) is 16.8 Å². The maximum Gasteiger partial charge on any atom is 0.123 e. The van der Waals surface area contributed by atoms with Crippen LogP contribution in [0.4, 0.5) is 5.69 Å². The van der Waals surface area contributed by atoms with E-state index in [0.29, 0.717) is 13.2 Å². The highest BCUT2D eigenvalue weighted by atomic mass is 16.5. The minimum absolute atomic E-state index is 0.0165. The van der Waals surface area contributed by atoms with Gasteiger partial charge in [0.2, 0.25) is 0 Å². The molecular weight excluding hydrogens is 230 g/mol. The largest absolute Gasteiger partial charge is 0.384 e. The van der Waals surface area contributed by atoms with Gasteiger partial charge in [0.15, 0.2) is 0 Å². The number of hydrogen-bond acceptors (Lipinski definition) is 4. The van der Waals surface area contributed by atoms with Crippen LogP contribution in [-0.2, 0) is 9.47 Å². The Morgan fingerprint density at radius 2 is 2.17 bits per heavy atom. The first-order chi connectivity index (χ1) is 8.58. The van der Waals surface area contributed by atoms with Crippen LogP contribution in [0.2, 0.25) is 0 Å². The smallest absolute Gasteiger partial charge is 0.123 e. The summed E-state index contributed by atoms with van der Waals surface area (Å²) < 4.78 is 10.3. The molecule has 1 aromatic rings. The van der Waals surface area contributed by atoms with Gasteiger partial charge in [0.25, 0.3) is 0 Å². The van der Waals surface area contributed by atoms with Gasteiger partial charge in [-0.3, -0.25) is 5.41 Å². The molecule has 5 heteroatoms. The number of aryl methyl sites for hydroxylation is 1. The van der Waals surface area contributed by atoms with E-state index in [1.807, 2.05) is 25.1 Å². The molecule has 1 atom stereocenters. The normalized spacial score (nSPS) is 12.2. The number of hydrogen-bond donors (Lipinski definition) is 3. The Bertz CT molecular complexity index is 407. The van der Waals surface area contributed by atoms with Crippen LogP contribution in [0, 0.1) is 12.3 Å². The number of rotatable bonds is 7. The molecule has 1 rings (SSSR count). The lowest BCUT2D eigenvalue weighted by molar-refractivity contribution is 0.0365.